The monoisotopic (exact) mass is 470 g/mol. The maximum absolute atomic E-state index is 12.5. The number of carbonyl (C=O) groups excluding carboxylic acids is 1. The van der Waals surface area contributed by atoms with E-state index in [9.17, 15) is 4.79 Å². The number of pyridine rings is 1. The highest BCUT2D eigenvalue weighted by molar-refractivity contribution is 9.10. The van der Waals surface area contributed by atoms with Gasteiger partial charge in [-0.05, 0) is 64.5 Å². The second-order valence-electron chi connectivity index (χ2n) is 6.74. The fourth-order valence-electron chi connectivity index (χ4n) is 3.17. The standard InChI is InChI=1S/C23H15BrN6O/c24-18-6-2-1-5-17(18)23(31)26-16-10-8-15(9-11-16)19-12-13-21-27-28-22(30(21)29-19)20-7-3-4-14-25-20/h1-14H,(H,26,31). The lowest BCUT2D eigenvalue weighted by molar-refractivity contribution is 0.102. The van der Waals surface area contributed by atoms with Gasteiger partial charge in [-0.3, -0.25) is 9.78 Å². The van der Waals surface area contributed by atoms with Gasteiger partial charge < -0.3 is 5.32 Å². The predicted octanol–water partition coefficient (Wildman–Crippen LogP) is 4.87. The molecule has 31 heavy (non-hydrogen) atoms. The Morgan fingerprint density at radius 3 is 2.42 bits per heavy atom. The van der Waals surface area contributed by atoms with Gasteiger partial charge in [-0.25, -0.2) is 0 Å². The first-order valence-electron chi connectivity index (χ1n) is 9.49. The van der Waals surface area contributed by atoms with E-state index in [1.54, 1.807) is 16.8 Å². The average Bonchev–Trinajstić information content (AvgIpc) is 3.24. The van der Waals surface area contributed by atoms with Gasteiger partial charge in [0.05, 0.1) is 11.3 Å². The van der Waals surface area contributed by atoms with Gasteiger partial charge in [-0.2, -0.15) is 9.61 Å². The quantitative estimate of drug-likeness (QED) is 0.405. The van der Waals surface area contributed by atoms with Crippen molar-refractivity contribution in [2.24, 2.45) is 0 Å². The van der Waals surface area contributed by atoms with Crippen molar-refractivity contribution in [3.8, 4) is 22.8 Å². The van der Waals surface area contributed by atoms with E-state index >= 15 is 0 Å². The molecule has 0 unspecified atom stereocenters. The molecule has 1 N–H and O–H groups in total. The predicted molar refractivity (Wildman–Crippen MR) is 122 cm³/mol. The summed E-state index contributed by atoms with van der Waals surface area (Å²) in [7, 11) is 0. The van der Waals surface area contributed by atoms with Crippen molar-refractivity contribution < 1.29 is 4.79 Å². The van der Waals surface area contributed by atoms with Gasteiger partial charge in [-0.15, -0.1) is 10.2 Å². The summed E-state index contributed by atoms with van der Waals surface area (Å²) in [6.07, 6.45) is 1.71. The van der Waals surface area contributed by atoms with Gasteiger partial charge >= 0.3 is 0 Å². The number of amides is 1. The lowest BCUT2D eigenvalue weighted by Gasteiger charge is -2.08. The number of hydrogen-bond acceptors (Lipinski definition) is 5. The van der Waals surface area contributed by atoms with Crippen LogP contribution in [-0.4, -0.2) is 30.7 Å². The largest absolute Gasteiger partial charge is 0.322 e. The minimum absolute atomic E-state index is 0.177. The average molecular weight is 471 g/mol. The Morgan fingerprint density at radius 2 is 1.65 bits per heavy atom. The summed E-state index contributed by atoms with van der Waals surface area (Å²) in [6, 6.07) is 24.2. The van der Waals surface area contributed by atoms with Crippen molar-refractivity contribution in [3.05, 3.63) is 95.1 Å². The summed E-state index contributed by atoms with van der Waals surface area (Å²) >= 11 is 3.41. The van der Waals surface area contributed by atoms with Crippen LogP contribution in [0.25, 0.3) is 28.4 Å². The zero-order valence-corrected chi connectivity index (χ0v) is 17.7. The normalized spacial score (nSPS) is 10.9. The van der Waals surface area contributed by atoms with Crippen LogP contribution in [0.3, 0.4) is 0 Å². The maximum atomic E-state index is 12.5. The van der Waals surface area contributed by atoms with E-state index in [0.29, 0.717) is 28.4 Å². The summed E-state index contributed by atoms with van der Waals surface area (Å²) in [6.45, 7) is 0. The molecule has 5 aromatic rings. The summed E-state index contributed by atoms with van der Waals surface area (Å²) in [4.78, 5) is 16.8. The maximum Gasteiger partial charge on any atom is 0.256 e. The van der Waals surface area contributed by atoms with Crippen LogP contribution in [0.1, 0.15) is 10.4 Å². The number of benzene rings is 2. The Morgan fingerprint density at radius 1 is 0.839 bits per heavy atom. The molecule has 5 rings (SSSR count). The van der Waals surface area contributed by atoms with E-state index in [2.05, 4.69) is 41.5 Å². The third-order valence-corrected chi connectivity index (χ3v) is 5.41. The lowest BCUT2D eigenvalue weighted by Crippen LogP contribution is -2.12. The van der Waals surface area contributed by atoms with Gasteiger partial charge in [0, 0.05) is 21.9 Å². The summed E-state index contributed by atoms with van der Waals surface area (Å²) in [5.74, 6) is 0.402. The van der Waals surface area contributed by atoms with Crippen LogP contribution >= 0.6 is 15.9 Å². The number of nitrogens with one attached hydrogen (secondary N) is 1. The molecule has 0 spiro atoms. The fraction of sp³-hybridized carbons (Fsp3) is 0. The highest BCUT2D eigenvalue weighted by Crippen LogP contribution is 2.23. The Kier molecular flexibility index (Phi) is 4.97. The van der Waals surface area contributed by atoms with Crippen molar-refractivity contribution in [1.82, 2.24) is 24.8 Å². The number of carbonyl (C=O) groups is 1. The summed E-state index contributed by atoms with van der Waals surface area (Å²) in [5, 5.41) is 16.0. The van der Waals surface area contributed by atoms with Crippen LogP contribution in [0.2, 0.25) is 0 Å². The first-order chi connectivity index (χ1) is 15.2. The molecule has 150 valence electrons. The molecule has 1 amide bonds. The summed E-state index contributed by atoms with van der Waals surface area (Å²) < 4.78 is 2.43. The molecule has 8 heteroatoms. The highest BCUT2D eigenvalue weighted by Gasteiger charge is 2.12. The molecule has 0 aliphatic carbocycles. The molecule has 0 aliphatic heterocycles. The number of hydrogen-bond donors (Lipinski definition) is 1. The molecule has 0 atom stereocenters. The fourth-order valence-corrected chi connectivity index (χ4v) is 3.63. The van der Waals surface area contributed by atoms with Crippen LogP contribution < -0.4 is 5.32 Å². The first-order valence-corrected chi connectivity index (χ1v) is 10.3. The Balaban J connectivity index is 1.42. The van der Waals surface area contributed by atoms with Crippen LogP contribution in [-0.2, 0) is 0 Å². The van der Waals surface area contributed by atoms with Gasteiger partial charge in [-0.1, -0.05) is 30.3 Å². The zero-order chi connectivity index (χ0) is 21.2. The molecular formula is C23H15BrN6O. The van der Waals surface area contributed by atoms with Crippen molar-refractivity contribution in [3.63, 3.8) is 0 Å². The Bertz CT molecular complexity index is 1380. The zero-order valence-electron chi connectivity index (χ0n) is 16.1. The molecule has 3 aromatic heterocycles. The number of aromatic nitrogens is 5. The molecule has 0 saturated carbocycles. The molecule has 0 aliphatic rings. The van der Waals surface area contributed by atoms with Gasteiger partial charge in [0.2, 0.25) is 5.82 Å². The topological polar surface area (TPSA) is 85.1 Å². The van der Waals surface area contributed by atoms with E-state index in [1.807, 2.05) is 72.8 Å². The van der Waals surface area contributed by atoms with Crippen LogP contribution in [0, 0.1) is 0 Å². The van der Waals surface area contributed by atoms with Crippen molar-refractivity contribution >= 4 is 33.2 Å². The van der Waals surface area contributed by atoms with E-state index in [1.165, 1.54) is 0 Å². The van der Waals surface area contributed by atoms with E-state index in [-0.39, 0.29) is 5.91 Å². The minimum atomic E-state index is -0.177. The smallest absolute Gasteiger partial charge is 0.256 e. The van der Waals surface area contributed by atoms with Crippen LogP contribution in [0.5, 0.6) is 0 Å². The highest BCUT2D eigenvalue weighted by atomic mass is 79.9. The molecule has 0 radical (unpaired) electrons. The SMILES string of the molecule is O=C(Nc1ccc(-c2ccc3nnc(-c4ccccn4)n3n2)cc1)c1ccccc1Br. The number of rotatable bonds is 4. The van der Waals surface area contributed by atoms with Crippen molar-refractivity contribution in [1.29, 1.82) is 0 Å². The van der Waals surface area contributed by atoms with Gasteiger partial charge in [0.25, 0.3) is 5.91 Å². The van der Waals surface area contributed by atoms with Gasteiger partial charge in [0.15, 0.2) is 5.65 Å². The third kappa shape index (κ3) is 3.80. The number of fused-ring (bicyclic) bond motifs is 1. The minimum Gasteiger partial charge on any atom is -0.322 e. The van der Waals surface area contributed by atoms with Crippen LogP contribution in [0.4, 0.5) is 5.69 Å². The molecule has 7 nitrogen and oxygen atoms in total. The van der Waals surface area contributed by atoms with Gasteiger partial charge in [0.1, 0.15) is 5.69 Å². The Labute approximate surface area is 185 Å². The van der Waals surface area contributed by atoms with Crippen LogP contribution in [0.15, 0.2) is 89.5 Å². The van der Waals surface area contributed by atoms with E-state index in [0.717, 1.165) is 15.7 Å². The molecular weight excluding hydrogens is 456 g/mol. The van der Waals surface area contributed by atoms with Crippen molar-refractivity contribution in [2.75, 3.05) is 5.32 Å². The summed E-state index contributed by atoms with van der Waals surface area (Å²) in [5.41, 5.74) is 4.28. The second kappa shape index (κ2) is 8.08. The Hall–Kier alpha value is -3.91. The molecule has 0 saturated heterocycles. The number of anilines is 1. The molecule has 0 bridgehead atoms. The number of nitrogens with zero attached hydrogens (tertiary/aromatic N) is 5. The first kappa shape index (κ1) is 19.1. The molecule has 0 fully saturated rings. The third-order valence-electron chi connectivity index (χ3n) is 4.71. The van der Waals surface area contributed by atoms with E-state index < -0.39 is 0 Å². The lowest BCUT2D eigenvalue weighted by atomic mass is 10.1. The number of halogens is 1. The molecule has 2 aromatic carbocycles. The second-order valence-corrected chi connectivity index (χ2v) is 7.59. The van der Waals surface area contributed by atoms with E-state index in [4.69, 9.17) is 0 Å². The van der Waals surface area contributed by atoms with Crippen molar-refractivity contribution in [2.45, 2.75) is 0 Å². The molecule has 3 heterocycles.